The van der Waals surface area contributed by atoms with Crippen LogP contribution in [0.5, 0.6) is 23.3 Å². The zero-order valence-electron chi connectivity index (χ0n) is 15.1. The van der Waals surface area contributed by atoms with Crippen molar-refractivity contribution in [3.8, 4) is 28.9 Å². The fourth-order valence-corrected chi connectivity index (χ4v) is 2.60. The molecule has 0 saturated carbocycles. The number of aryl methyl sites for hydroxylation is 2. The fraction of sp³-hybridized carbons (Fsp3) is 0.222. The number of hydrogen-bond acceptors (Lipinski definition) is 5. The molecule has 3 rings (SSSR count). The molecule has 0 fully saturated rings. The Balaban J connectivity index is 1.99. The Labute approximate surface area is 157 Å². The zero-order chi connectivity index (χ0) is 20.5. The van der Waals surface area contributed by atoms with Crippen molar-refractivity contribution in [2.45, 2.75) is 13.3 Å². The molecule has 0 spiro atoms. The Kier molecular flexibility index (Phi) is 5.04. The molecule has 0 bridgehead atoms. The first-order valence-corrected chi connectivity index (χ1v) is 8.03. The number of aromatic nitrogens is 3. The third-order valence-corrected chi connectivity index (χ3v) is 3.79. The van der Waals surface area contributed by atoms with E-state index >= 15 is 0 Å². The number of ether oxygens (including phenoxy) is 3. The maximum Gasteiger partial charge on any atom is 0.573 e. The van der Waals surface area contributed by atoms with Crippen LogP contribution in [0.15, 0.2) is 47.3 Å². The monoisotopic (exact) mass is 395 g/mol. The van der Waals surface area contributed by atoms with Gasteiger partial charge in [-0.25, -0.2) is 14.0 Å². The van der Waals surface area contributed by atoms with Crippen LogP contribution in [0.4, 0.5) is 13.2 Å². The second-order valence-electron chi connectivity index (χ2n) is 5.77. The summed E-state index contributed by atoms with van der Waals surface area (Å²) >= 11 is 0. The van der Waals surface area contributed by atoms with Gasteiger partial charge in [-0.15, -0.1) is 18.3 Å². The first-order chi connectivity index (χ1) is 13.2. The number of para-hydroxylation sites is 1. The van der Waals surface area contributed by atoms with Gasteiger partial charge in [0.1, 0.15) is 17.2 Å². The number of nitrogens with zero attached hydrogens (tertiary/aromatic N) is 3. The van der Waals surface area contributed by atoms with Crippen molar-refractivity contribution in [3.05, 3.63) is 58.5 Å². The third-order valence-electron chi connectivity index (χ3n) is 3.79. The zero-order valence-corrected chi connectivity index (χ0v) is 15.1. The summed E-state index contributed by atoms with van der Waals surface area (Å²) in [7, 11) is 2.87. The normalized spacial score (nSPS) is 11.4. The average Bonchev–Trinajstić information content (AvgIpc) is 2.90. The van der Waals surface area contributed by atoms with Gasteiger partial charge in [0.2, 0.25) is 0 Å². The highest BCUT2D eigenvalue weighted by atomic mass is 19.4. The van der Waals surface area contributed by atoms with E-state index in [0.717, 1.165) is 16.8 Å². The van der Waals surface area contributed by atoms with Gasteiger partial charge in [-0.1, -0.05) is 12.1 Å². The minimum absolute atomic E-state index is 0.0700. The standard InChI is InChI=1S/C18H16F3N3O4/c1-11-5-4-6-14(15(11)24-16(26-3)22-23(2)17(24)25)27-12-7-9-13(10-8-12)28-18(19,20)21/h4-10H,1-3H3. The van der Waals surface area contributed by atoms with Gasteiger partial charge in [-0.2, -0.15) is 0 Å². The topological polar surface area (TPSA) is 67.5 Å². The van der Waals surface area contributed by atoms with Crippen molar-refractivity contribution in [2.24, 2.45) is 7.05 Å². The van der Waals surface area contributed by atoms with Gasteiger partial charge in [-0.05, 0) is 42.8 Å². The second kappa shape index (κ2) is 7.29. The quantitative estimate of drug-likeness (QED) is 0.661. The van der Waals surface area contributed by atoms with E-state index in [1.807, 2.05) is 0 Å². The van der Waals surface area contributed by atoms with Crippen LogP contribution >= 0.6 is 0 Å². The van der Waals surface area contributed by atoms with Gasteiger partial charge in [0.05, 0.1) is 7.11 Å². The van der Waals surface area contributed by atoms with Crippen LogP contribution in [0, 0.1) is 6.92 Å². The lowest BCUT2D eigenvalue weighted by atomic mass is 10.2. The van der Waals surface area contributed by atoms with Crippen LogP contribution in [0.1, 0.15) is 5.56 Å². The average molecular weight is 395 g/mol. The lowest BCUT2D eigenvalue weighted by Crippen LogP contribution is -2.22. The molecule has 10 heteroatoms. The molecule has 7 nitrogen and oxygen atoms in total. The fourth-order valence-electron chi connectivity index (χ4n) is 2.60. The molecule has 0 N–H and O–H groups in total. The molecule has 2 aromatic carbocycles. The summed E-state index contributed by atoms with van der Waals surface area (Å²) in [5.74, 6) is 0.199. The van der Waals surface area contributed by atoms with Crippen molar-refractivity contribution in [2.75, 3.05) is 7.11 Å². The van der Waals surface area contributed by atoms with Crippen molar-refractivity contribution in [3.63, 3.8) is 0 Å². The number of hydrogen-bond donors (Lipinski definition) is 0. The molecule has 0 atom stereocenters. The van der Waals surface area contributed by atoms with Crippen LogP contribution in [-0.4, -0.2) is 27.8 Å². The van der Waals surface area contributed by atoms with Gasteiger partial charge in [-0.3, -0.25) is 0 Å². The molecule has 0 amide bonds. The molecule has 0 aliphatic rings. The summed E-state index contributed by atoms with van der Waals surface area (Å²) in [6.45, 7) is 1.78. The number of halogens is 3. The summed E-state index contributed by atoms with van der Waals surface area (Å²) in [6.07, 6.45) is -4.77. The summed E-state index contributed by atoms with van der Waals surface area (Å²) in [4.78, 5) is 12.5. The van der Waals surface area contributed by atoms with E-state index < -0.39 is 12.1 Å². The molecule has 0 radical (unpaired) electrons. The van der Waals surface area contributed by atoms with E-state index in [9.17, 15) is 18.0 Å². The van der Waals surface area contributed by atoms with E-state index in [-0.39, 0.29) is 17.5 Å². The molecular formula is C18H16F3N3O4. The third kappa shape index (κ3) is 3.95. The molecule has 3 aromatic rings. The minimum atomic E-state index is -4.77. The highest BCUT2D eigenvalue weighted by Crippen LogP contribution is 2.33. The Hall–Kier alpha value is -3.43. The van der Waals surface area contributed by atoms with E-state index in [0.29, 0.717) is 17.0 Å². The molecule has 28 heavy (non-hydrogen) atoms. The van der Waals surface area contributed by atoms with E-state index in [4.69, 9.17) is 9.47 Å². The maximum absolute atomic E-state index is 12.5. The second-order valence-corrected chi connectivity index (χ2v) is 5.77. The minimum Gasteiger partial charge on any atom is -0.467 e. The Morgan fingerprint density at radius 2 is 1.68 bits per heavy atom. The highest BCUT2D eigenvalue weighted by molar-refractivity contribution is 5.55. The van der Waals surface area contributed by atoms with Gasteiger partial charge in [0, 0.05) is 7.05 Å². The van der Waals surface area contributed by atoms with Crippen molar-refractivity contribution in [1.82, 2.24) is 14.3 Å². The molecule has 148 valence electrons. The van der Waals surface area contributed by atoms with Crippen LogP contribution < -0.4 is 19.9 Å². The number of methoxy groups -OCH3 is 1. The van der Waals surface area contributed by atoms with Crippen molar-refractivity contribution < 1.29 is 27.4 Å². The highest BCUT2D eigenvalue weighted by Gasteiger charge is 2.31. The Morgan fingerprint density at radius 1 is 1.04 bits per heavy atom. The SMILES string of the molecule is COc1nn(C)c(=O)n1-c1c(C)cccc1Oc1ccc(OC(F)(F)F)cc1. The van der Waals surface area contributed by atoms with Gasteiger partial charge in [0.15, 0.2) is 5.75 Å². The Bertz CT molecular complexity index is 1040. The first-order valence-electron chi connectivity index (χ1n) is 8.03. The van der Waals surface area contributed by atoms with Gasteiger partial charge >= 0.3 is 18.1 Å². The first kappa shape index (κ1) is 19.3. The predicted molar refractivity (Wildman–Crippen MR) is 93.3 cm³/mol. The van der Waals surface area contributed by atoms with Crippen LogP contribution in [0.25, 0.3) is 5.69 Å². The van der Waals surface area contributed by atoms with Gasteiger partial charge in [0.25, 0.3) is 0 Å². The lowest BCUT2D eigenvalue weighted by Gasteiger charge is -2.15. The molecule has 1 aromatic heterocycles. The molecule has 0 saturated heterocycles. The number of benzene rings is 2. The lowest BCUT2D eigenvalue weighted by molar-refractivity contribution is -0.274. The van der Waals surface area contributed by atoms with Crippen LogP contribution in [0.2, 0.25) is 0 Å². The summed E-state index contributed by atoms with van der Waals surface area (Å²) < 4.78 is 54.0. The molecule has 0 aliphatic carbocycles. The van der Waals surface area contributed by atoms with Crippen molar-refractivity contribution in [1.29, 1.82) is 0 Å². The largest absolute Gasteiger partial charge is 0.573 e. The van der Waals surface area contributed by atoms with Crippen LogP contribution in [0.3, 0.4) is 0 Å². The number of alkyl halides is 3. The maximum atomic E-state index is 12.5. The molecular weight excluding hydrogens is 379 g/mol. The number of rotatable bonds is 5. The van der Waals surface area contributed by atoms with Crippen molar-refractivity contribution >= 4 is 0 Å². The Morgan fingerprint density at radius 3 is 2.29 bits per heavy atom. The molecule has 0 unspecified atom stereocenters. The summed E-state index contributed by atoms with van der Waals surface area (Å²) in [6, 6.07) is 10.1. The van der Waals surface area contributed by atoms with E-state index in [1.165, 1.54) is 30.9 Å². The summed E-state index contributed by atoms with van der Waals surface area (Å²) in [5.41, 5.74) is 0.681. The van der Waals surface area contributed by atoms with E-state index in [1.54, 1.807) is 25.1 Å². The van der Waals surface area contributed by atoms with Crippen LogP contribution in [-0.2, 0) is 7.05 Å². The predicted octanol–water partition coefficient (Wildman–Crippen LogP) is 3.58. The van der Waals surface area contributed by atoms with E-state index in [2.05, 4.69) is 9.84 Å². The van der Waals surface area contributed by atoms with Gasteiger partial charge < -0.3 is 14.2 Å². The smallest absolute Gasteiger partial charge is 0.467 e. The summed E-state index contributed by atoms with van der Waals surface area (Å²) in [5, 5.41) is 4.01. The molecule has 0 aliphatic heterocycles. The molecule has 1 heterocycles.